The maximum atomic E-state index is 13.4. The SMILES string of the molecule is Cc1c(C#N)cccc1-c1cc(-c2cn(Cc3cccc(Br)n3)nn2)nc(N(C(=O)OC(C)(C)C)C(=O)OC(C)(C)C)n1. The van der Waals surface area contributed by atoms with E-state index in [4.69, 9.17) is 9.47 Å². The molecule has 43 heavy (non-hydrogen) atoms. The average Bonchev–Trinajstić information content (AvgIpc) is 3.35. The summed E-state index contributed by atoms with van der Waals surface area (Å²) in [6.07, 6.45) is -0.365. The molecule has 0 aliphatic heterocycles. The molecule has 2 amide bonds. The van der Waals surface area contributed by atoms with Gasteiger partial charge in [0, 0.05) is 5.56 Å². The largest absolute Gasteiger partial charge is 0.443 e. The minimum atomic E-state index is -1.02. The summed E-state index contributed by atoms with van der Waals surface area (Å²) in [7, 11) is 0. The van der Waals surface area contributed by atoms with Crippen LogP contribution in [0.1, 0.15) is 58.4 Å². The number of amides is 2. The molecule has 0 radical (unpaired) electrons. The Morgan fingerprint density at radius 1 is 0.930 bits per heavy atom. The van der Waals surface area contributed by atoms with Gasteiger partial charge in [-0.3, -0.25) is 0 Å². The Bertz CT molecular complexity index is 1690. The van der Waals surface area contributed by atoms with Crippen molar-refractivity contribution in [2.45, 2.75) is 66.2 Å². The number of halogens is 1. The van der Waals surface area contributed by atoms with Crippen molar-refractivity contribution in [2.75, 3.05) is 4.90 Å². The third-order valence-corrected chi connectivity index (χ3v) is 6.14. The second-order valence-electron chi connectivity index (χ2n) is 11.6. The Balaban J connectivity index is 1.88. The van der Waals surface area contributed by atoms with E-state index in [0.29, 0.717) is 44.1 Å². The van der Waals surface area contributed by atoms with Gasteiger partial charge in [0.1, 0.15) is 21.5 Å². The molecule has 0 spiro atoms. The normalized spacial score (nSPS) is 11.5. The van der Waals surface area contributed by atoms with Gasteiger partial charge in [-0.25, -0.2) is 29.2 Å². The van der Waals surface area contributed by atoms with E-state index in [1.54, 1.807) is 83.6 Å². The lowest BCUT2D eigenvalue weighted by Gasteiger charge is -2.27. The number of carbonyl (C=O) groups excluding carboxylic acids is 2. The van der Waals surface area contributed by atoms with Crippen LogP contribution in [-0.4, -0.2) is 53.3 Å². The maximum absolute atomic E-state index is 13.4. The van der Waals surface area contributed by atoms with Gasteiger partial charge in [0.15, 0.2) is 0 Å². The van der Waals surface area contributed by atoms with Crippen molar-refractivity contribution >= 4 is 34.1 Å². The van der Waals surface area contributed by atoms with Gasteiger partial charge in [0.05, 0.1) is 41.5 Å². The van der Waals surface area contributed by atoms with E-state index in [9.17, 15) is 14.9 Å². The predicted octanol–water partition coefficient (Wildman–Crippen LogP) is 6.46. The number of rotatable bonds is 5. The molecule has 0 saturated carbocycles. The van der Waals surface area contributed by atoms with Crippen LogP contribution in [0.5, 0.6) is 0 Å². The van der Waals surface area contributed by atoms with Gasteiger partial charge >= 0.3 is 12.2 Å². The van der Waals surface area contributed by atoms with Crippen molar-refractivity contribution in [1.82, 2.24) is 29.9 Å². The van der Waals surface area contributed by atoms with Gasteiger partial charge in [-0.05, 0) is 94.2 Å². The van der Waals surface area contributed by atoms with E-state index < -0.39 is 23.4 Å². The first-order chi connectivity index (χ1) is 20.1. The van der Waals surface area contributed by atoms with Crippen LogP contribution in [-0.2, 0) is 16.0 Å². The standard InChI is InChI=1S/C30H31BrN8O4/c1-18-19(15-32)10-8-12-21(18)22-14-23(24-17-38(37-36-24)16-20-11-9-13-25(31)33-20)35-26(34-22)39(27(40)42-29(2,3)4)28(41)43-30(5,6)7/h8-14,17H,16H2,1-7H3. The topological polar surface area (TPSA) is 149 Å². The Morgan fingerprint density at radius 2 is 1.56 bits per heavy atom. The highest BCUT2D eigenvalue weighted by atomic mass is 79.9. The molecule has 13 heteroatoms. The summed E-state index contributed by atoms with van der Waals surface area (Å²) in [5.41, 5.74) is 1.55. The van der Waals surface area contributed by atoms with Crippen LogP contribution in [0.15, 0.2) is 53.3 Å². The molecule has 0 unspecified atom stereocenters. The molecule has 4 aromatic rings. The zero-order valence-corrected chi connectivity index (χ0v) is 26.5. The lowest BCUT2D eigenvalue weighted by atomic mass is 10.00. The van der Waals surface area contributed by atoms with Crippen molar-refractivity contribution < 1.29 is 19.1 Å². The van der Waals surface area contributed by atoms with Gasteiger partial charge in [0.2, 0.25) is 5.95 Å². The second kappa shape index (κ2) is 12.3. The quantitative estimate of drug-likeness (QED) is 0.221. The number of imide groups is 1. The summed E-state index contributed by atoms with van der Waals surface area (Å²) in [5, 5.41) is 18.1. The van der Waals surface area contributed by atoms with Crippen LogP contribution < -0.4 is 4.90 Å². The third kappa shape index (κ3) is 7.98. The number of carbonyl (C=O) groups is 2. The summed E-state index contributed by atoms with van der Waals surface area (Å²) in [6.45, 7) is 12.2. The van der Waals surface area contributed by atoms with Crippen molar-refractivity contribution in [3.8, 4) is 28.7 Å². The predicted molar refractivity (Wildman–Crippen MR) is 162 cm³/mol. The smallest absolute Gasteiger partial charge is 0.427 e. The van der Waals surface area contributed by atoms with Gasteiger partial charge in [0.25, 0.3) is 0 Å². The fraction of sp³-hybridized carbons (Fsp3) is 0.333. The average molecular weight is 648 g/mol. The minimum Gasteiger partial charge on any atom is -0.443 e. The molecule has 0 aliphatic rings. The molecule has 3 heterocycles. The number of nitrogens with zero attached hydrogens (tertiary/aromatic N) is 8. The lowest BCUT2D eigenvalue weighted by Crippen LogP contribution is -2.44. The van der Waals surface area contributed by atoms with Gasteiger partial charge in [-0.1, -0.05) is 23.4 Å². The third-order valence-electron chi connectivity index (χ3n) is 5.69. The molecule has 0 N–H and O–H groups in total. The summed E-state index contributed by atoms with van der Waals surface area (Å²) in [5.74, 6) is -0.291. The Morgan fingerprint density at radius 3 is 2.16 bits per heavy atom. The lowest BCUT2D eigenvalue weighted by molar-refractivity contribution is 0.0427. The molecule has 3 aromatic heterocycles. The number of pyridine rings is 1. The van der Waals surface area contributed by atoms with Crippen LogP contribution in [0.4, 0.5) is 15.5 Å². The number of nitriles is 1. The van der Waals surface area contributed by atoms with Crippen LogP contribution in [0.2, 0.25) is 0 Å². The van der Waals surface area contributed by atoms with Crippen LogP contribution in [0.3, 0.4) is 0 Å². The van der Waals surface area contributed by atoms with Crippen LogP contribution in [0.25, 0.3) is 22.6 Å². The van der Waals surface area contributed by atoms with E-state index >= 15 is 0 Å². The minimum absolute atomic E-state index is 0.271. The first-order valence-corrected chi connectivity index (χ1v) is 14.1. The molecule has 222 valence electrons. The summed E-state index contributed by atoms with van der Waals surface area (Å²) in [6, 6.07) is 14.6. The zero-order chi connectivity index (χ0) is 31.5. The molecular formula is C30H31BrN8O4. The van der Waals surface area contributed by atoms with E-state index in [0.717, 1.165) is 5.69 Å². The molecule has 0 bridgehead atoms. The number of hydrogen-bond donors (Lipinski definition) is 0. The van der Waals surface area contributed by atoms with Crippen LogP contribution >= 0.6 is 15.9 Å². The monoisotopic (exact) mass is 646 g/mol. The number of hydrogen-bond acceptors (Lipinski definition) is 10. The number of anilines is 1. The molecule has 4 rings (SSSR count). The highest BCUT2D eigenvalue weighted by Gasteiger charge is 2.35. The van der Waals surface area contributed by atoms with Gasteiger partial charge < -0.3 is 9.47 Å². The fourth-order valence-corrected chi connectivity index (χ4v) is 4.27. The van der Waals surface area contributed by atoms with Crippen molar-refractivity contribution in [1.29, 1.82) is 5.26 Å². The summed E-state index contributed by atoms with van der Waals surface area (Å²) >= 11 is 3.37. The van der Waals surface area contributed by atoms with Crippen molar-refractivity contribution in [2.24, 2.45) is 0 Å². The number of aromatic nitrogens is 6. The maximum Gasteiger partial charge on any atom is 0.427 e. The first kappa shape index (κ1) is 31.2. The van der Waals surface area contributed by atoms with Crippen molar-refractivity contribution in [3.05, 3.63) is 70.1 Å². The summed E-state index contributed by atoms with van der Waals surface area (Å²) in [4.78, 5) is 41.1. The molecular weight excluding hydrogens is 616 g/mol. The Labute approximate surface area is 257 Å². The van der Waals surface area contributed by atoms with E-state index in [1.807, 2.05) is 18.2 Å². The van der Waals surface area contributed by atoms with E-state index in [1.165, 1.54) is 0 Å². The summed E-state index contributed by atoms with van der Waals surface area (Å²) < 4.78 is 13.4. The fourth-order valence-electron chi connectivity index (χ4n) is 3.89. The number of ether oxygens (including phenoxy) is 2. The molecule has 0 saturated heterocycles. The zero-order valence-electron chi connectivity index (χ0n) is 24.9. The molecule has 1 aromatic carbocycles. The molecule has 0 aliphatic carbocycles. The Kier molecular flexibility index (Phi) is 8.91. The van der Waals surface area contributed by atoms with E-state index in [2.05, 4.69) is 47.3 Å². The van der Waals surface area contributed by atoms with Gasteiger partial charge in [-0.15, -0.1) is 10.00 Å². The Hall–Kier alpha value is -4.70. The molecule has 0 atom stereocenters. The highest BCUT2D eigenvalue weighted by Crippen LogP contribution is 2.30. The number of benzene rings is 1. The van der Waals surface area contributed by atoms with E-state index in [-0.39, 0.29) is 11.6 Å². The first-order valence-electron chi connectivity index (χ1n) is 13.3. The van der Waals surface area contributed by atoms with Crippen LogP contribution in [0, 0.1) is 18.3 Å². The second-order valence-corrected chi connectivity index (χ2v) is 12.4. The molecule has 12 nitrogen and oxygen atoms in total. The highest BCUT2D eigenvalue weighted by molar-refractivity contribution is 9.10. The molecule has 0 fully saturated rings. The van der Waals surface area contributed by atoms with Gasteiger partial charge in [-0.2, -0.15) is 5.26 Å². The van der Waals surface area contributed by atoms with Crippen molar-refractivity contribution in [3.63, 3.8) is 0 Å².